The third-order valence-corrected chi connectivity index (χ3v) is 4.13. The summed E-state index contributed by atoms with van der Waals surface area (Å²) in [5, 5.41) is 0. The Balaban J connectivity index is 2.02. The molecule has 0 unspecified atom stereocenters. The molecule has 0 spiro atoms. The summed E-state index contributed by atoms with van der Waals surface area (Å²) in [5.74, 6) is 0.874. The standard InChI is InChI=1S/C16H23NO3/c1-3-11-7-9-12(10-8-11)20-16(18)15-13(17)5-4-6-14(15)19-2/h4-6,11-12H,3,7-10,17H2,1-2H3. The van der Waals surface area contributed by atoms with Crippen LogP contribution in [0.1, 0.15) is 49.4 Å². The van der Waals surface area contributed by atoms with Crippen LogP contribution in [0.4, 0.5) is 5.69 Å². The molecule has 0 amide bonds. The first kappa shape index (κ1) is 14.7. The molecule has 0 saturated heterocycles. The summed E-state index contributed by atoms with van der Waals surface area (Å²) in [7, 11) is 1.53. The number of anilines is 1. The Labute approximate surface area is 120 Å². The second-order valence-electron chi connectivity index (χ2n) is 5.38. The van der Waals surface area contributed by atoms with Crippen LogP contribution in [0.2, 0.25) is 0 Å². The molecule has 110 valence electrons. The lowest BCUT2D eigenvalue weighted by Crippen LogP contribution is -2.25. The van der Waals surface area contributed by atoms with E-state index in [1.54, 1.807) is 18.2 Å². The lowest BCUT2D eigenvalue weighted by atomic mass is 9.86. The zero-order chi connectivity index (χ0) is 14.5. The molecule has 4 nitrogen and oxygen atoms in total. The van der Waals surface area contributed by atoms with Gasteiger partial charge in [-0.2, -0.15) is 0 Å². The summed E-state index contributed by atoms with van der Waals surface area (Å²) in [5.41, 5.74) is 6.61. The highest BCUT2D eigenvalue weighted by Crippen LogP contribution is 2.30. The first-order chi connectivity index (χ1) is 9.65. The van der Waals surface area contributed by atoms with E-state index in [1.807, 2.05) is 0 Å². The first-order valence-corrected chi connectivity index (χ1v) is 7.29. The maximum Gasteiger partial charge on any atom is 0.344 e. The average Bonchev–Trinajstić information content (AvgIpc) is 2.47. The van der Waals surface area contributed by atoms with Gasteiger partial charge >= 0.3 is 5.97 Å². The van der Waals surface area contributed by atoms with E-state index in [1.165, 1.54) is 13.5 Å². The van der Waals surface area contributed by atoms with Crippen LogP contribution in [0.15, 0.2) is 18.2 Å². The molecule has 1 saturated carbocycles. The normalized spacial score (nSPS) is 22.3. The molecule has 2 rings (SSSR count). The van der Waals surface area contributed by atoms with Crippen LogP contribution < -0.4 is 10.5 Å². The molecule has 2 N–H and O–H groups in total. The van der Waals surface area contributed by atoms with Crippen molar-refractivity contribution in [2.24, 2.45) is 5.92 Å². The number of methoxy groups -OCH3 is 1. The number of nitrogens with two attached hydrogens (primary N) is 1. The summed E-state index contributed by atoms with van der Waals surface area (Å²) >= 11 is 0. The Hall–Kier alpha value is -1.71. The zero-order valence-electron chi connectivity index (χ0n) is 12.2. The molecule has 1 aromatic carbocycles. The van der Waals surface area contributed by atoms with E-state index in [0.717, 1.165) is 31.6 Å². The van der Waals surface area contributed by atoms with Crippen LogP contribution in [0.5, 0.6) is 5.75 Å². The molecule has 1 aromatic rings. The van der Waals surface area contributed by atoms with Crippen molar-refractivity contribution in [3.8, 4) is 5.75 Å². The minimum absolute atomic E-state index is 0.00890. The van der Waals surface area contributed by atoms with Gasteiger partial charge in [0.25, 0.3) is 0 Å². The highest BCUT2D eigenvalue weighted by atomic mass is 16.5. The number of nitrogen functional groups attached to an aromatic ring is 1. The van der Waals surface area contributed by atoms with Gasteiger partial charge in [-0.05, 0) is 43.7 Å². The molecule has 1 fully saturated rings. The molecular formula is C16H23NO3. The number of esters is 1. The van der Waals surface area contributed by atoms with Gasteiger partial charge in [-0.1, -0.05) is 19.4 Å². The van der Waals surface area contributed by atoms with Gasteiger partial charge in [-0.3, -0.25) is 0 Å². The van der Waals surface area contributed by atoms with Crippen molar-refractivity contribution < 1.29 is 14.3 Å². The lowest BCUT2D eigenvalue weighted by molar-refractivity contribution is 0.0162. The number of hydrogen-bond donors (Lipinski definition) is 1. The van der Waals surface area contributed by atoms with Crippen LogP contribution in [0.25, 0.3) is 0 Å². The third kappa shape index (κ3) is 3.24. The highest BCUT2D eigenvalue weighted by Gasteiger charge is 2.25. The Morgan fingerprint density at radius 2 is 2.00 bits per heavy atom. The fraction of sp³-hybridized carbons (Fsp3) is 0.562. The van der Waals surface area contributed by atoms with Gasteiger partial charge in [0, 0.05) is 5.69 Å². The van der Waals surface area contributed by atoms with Gasteiger partial charge in [0.15, 0.2) is 0 Å². The van der Waals surface area contributed by atoms with Crippen molar-refractivity contribution in [1.82, 2.24) is 0 Å². The van der Waals surface area contributed by atoms with Gasteiger partial charge in [-0.25, -0.2) is 4.79 Å². The zero-order valence-corrected chi connectivity index (χ0v) is 12.2. The van der Waals surface area contributed by atoms with Gasteiger partial charge in [0.2, 0.25) is 0 Å². The Bertz CT molecular complexity index is 465. The summed E-state index contributed by atoms with van der Waals surface area (Å²) in [6.07, 6.45) is 5.37. The van der Waals surface area contributed by atoms with E-state index in [9.17, 15) is 4.79 Å². The summed E-state index contributed by atoms with van der Waals surface area (Å²) in [4.78, 5) is 12.3. The van der Waals surface area contributed by atoms with E-state index in [4.69, 9.17) is 15.2 Å². The first-order valence-electron chi connectivity index (χ1n) is 7.29. The number of carbonyl (C=O) groups excluding carboxylic acids is 1. The molecule has 20 heavy (non-hydrogen) atoms. The van der Waals surface area contributed by atoms with E-state index >= 15 is 0 Å². The number of hydrogen-bond acceptors (Lipinski definition) is 4. The molecule has 4 heteroatoms. The molecular weight excluding hydrogens is 254 g/mol. The van der Waals surface area contributed by atoms with Crippen molar-refractivity contribution in [1.29, 1.82) is 0 Å². The van der Waals surface area contributed by atoms with Crippen LogP contribution >= 0.6 is 0 Å². The highest BCUT2D eigenvalue weighted by molar-refractivity contribution is 5.98. The molecule has 0 radical (unpaired) electrons. The molecule has 0 atom stereocenters. The molecule has 0 heterocycles. The SMILES string of the molecule is CCC1CCC(OC(=O)c2c(N)cccc2OC)CC1. The molecule has 1 aliphatic rings. The smallest absolute Gasteiger partial charge is 0.344 e. The number of benzene rings is 1. The third-order valence-electron chi connectivity index (χ3n) is 4.13. The summed E-state index contributed by atoms with van der Waals surface area (Å²) in [6.45, 7) is 2.21. The maximum atomic E-state index is 12.3. The molecule has 1 aliphatic carbocycles. The van der Waals surface area contributed by atoms with Crippen molar-refractivity contribution in [2.45, 2.75) is 45.1 Å². The number of carbonyl (C=O) groups is 1. The summed E-state index contributed by atoms with van der Waals surface area (Å²) in [6, 6.07) is 5.17. The second-order valence-corrected chi connectivity index (χ2v) is 5.38. The lowest BCUT2D eigenvalue weighted by Gasteiger charge is -2.27. The van der Waals surface area contributed by atoms with Gasteiger partial charge in [-0.15, -0.1) is 0 Å². The van der Waals surface area contributed by atoms with E-state index in [-0.39, 0.29) is 12.1 Å². The minimum Gasteiger partial charge on any atom is -0.496 e. The van der Waals surface area contributed by atoms with E-state index < -0.39 is 0 Å². The van der Waals surface area contributed by atoms with Crippen molar-refractivity contribution in [3.05, 3.63) is 23.8 Å². The fourth-order valence-electron chi connectivity index (χ4n) is 2.80. The quantitative estimate of drug-likeness (QED) is 0.676. The molecule has 0 aromatic heterocycles. The van der Waals surface area contributed by atoms with Gasteiger partial charge in [0.1, 0.15) is 17.4 Å². The maximum absolute atomic E-state index is 12.3. The topological polar surface area (TPSA) is 61.5 Å². The summed E-state index contributed by atoms with van der Waals surface area (Å²) < 4.78 is 10.8. The minimum atomic E-state index is -0.375. The van der Waals surface area contributed by atoms with Crippen molar-refractivity contribution >= 4 is 11.7 Å². The van der Waals surface area contributed by atoms with E-state index in [2.05, 4.69) is 6.92 Å². The molecule has 0 aliphatic heterocycles. The van der Waals surface area contributed by atoms with Gasteiger partial charge in [0.05, 0.1) is 7.11 Å². The Kier molecular flexibility index (Phi) is 4.88. The van der Waals surface area contributed by atoms with Crippen molar-refractivity contribution in [3.63, 3.8) is 0 Å². The fourth-order valence-corrected chi connectivity index (χ4v) is 2.80. The van der Waals surface area contributed by atoms with Crippen LogP contribution in [-0.2, 0) is 4.74 Å². The van der Waals surface area contributed by atoms with Crippen LogP contribution in [0, 0.1) is 5.92 Å². The largest absolute Gasteiger partial charge is 0.496 e. The van der Waals surface area contributed by atoms with Gasteiger partial charge < -0.3 is 15.2 Å². The molecule has 0 bridgehead atoms. The average molecular weight is 277 g/mol. The number of rotatable bonds is 4. The van der Waals surface area contributed by atoms with Crippen LogP contribution in [0.3, 0.4) is 0 Å². The van der Waals surface area contributed by atoms with Crippen LogP contribution in [-0.4, -0.2) is 19.2 Å². The predicted octanol–water partition coefficient (Wildman–Crippen LogP) is 3.40. The second kappa shape index (κ2) is 6.64. The Morgan fingerprint density at radius 3 is 2.60 bits per heavy atom. The van der Waals surface area contributed by atoms with Crippen molar-refractivity contribution in [2.75, 3.05) is 12.8 Å². The van der Waals surface area contributed by atoms with E-state index in [0.29, 0.717) is 17.0 Å². The monoisotopic (exact) mass is 277 g/mol. The Morgan fingerprint density at radius 1 is 1.30 bits per heavy atom. The number of ether oxygens (including phenoxy) is 2. The predicted molar refractivity (Wildman–Crippen MR) is 78.9 cm³/mol.